The second-order valence-corrected chi connectivity index (χ2v) is 7.67. The van der Waals surface area contributed by atoms with Crippen LogP contribution in [0, 0.1) is 0 Å². The van der Waals surface area contributed by atoms with Crippen molar-refractivity contribution in [1.82, 2.24) is 20.7 Å². The van der Waals surface area contributed by atoms with Crippen molar-refractivity contribution >= 4 is 5.96 Å². The van der Waals surface area contributed by atoms with E-state index in [1.54, 1.807) is 13.3 Å². The number of likely N-dealkylation sites (tertiary alicyclic amines) is 1. The highest BCUT2D eigenvalue weighted by atomic mass is 16.5. The van der Waals surface area contributed by atoms with Crippen LogP contribution in [0.2, 0.25) is 0 Å². The second kappa shape index (κ2) is 11.0. The van der Waals surface area contributed by atoms with Crippen molar-refractivity contribution in [3.63, 3.8) is 0 Å². The summed E-state index contributed by atoms with van der Waals surface area (Å²) in [6.07, 6.45) is 7.70. The van der Waals surface area contributed by atoms with Crippen LogP contribution in [0.4, 0.5) is 0 Å². The van der Waals surface area contributed by atoms with Crippen LogP contribution < -0.4 is 10.6 Å². The Morgan fingerprint density at radius 1 is 1.21 bits per heavy atom. The van der Waals surface area contributed by atoms with Gasteiger partial charge in [-0.2, -0.15) is 0 Å². The van der Waals surface area contributed by atoms with Gasteiger partial charge in [-0.1, -0.05) is 25.4 Å². The molecule has 160 valence electrons. The van der Waals surface area contributed by atoms with E-state index >= 15 is 0 Å². The maximum atomic E-state index is 5.73. The molecule has 1 unspecified atom stereocenters. The van der Waals surface area contributed by atoms with Crippen LogP contribution in [0.5, 0.6) is 0 Å². The summed E-state index contributed by atoms with van der Waals surface area (Å²) in [7, 11) is 1.79. The van der Waals surface area contributed by atoms with Crippen molar-refractivity contribution in [3.05, 3.63) is 41.7 Å². The lowest BCUT2D eigenvalue weighted by atomic mass is 9.99. The molecule has 1 aliphatic heterocycles. The lowest BCUT2D eigenvalue weighted by molar-refractivity contribution is 0.146. The monoisotopic (exact) mass is 401 g/mol. The first kappa shape index (κ1) is 21.4. The molecule has 1 aliphatic rings. The summed E-state index contributed by atoms with van der Waals surface area (Å²) in [6.45, 7) is 7.88. The number of furan rings is 1. The predicted octanol–water partition coefficient (Wildman–Crippen LogP) is 4.06. The summed E-state index contributed by atoms with van der Waals surface area (Å²) in [5.41, 5.74) is 1.04. The fourth-order valence-corrected chi connectivity index (χ4v) is 4.02. The molecule has 29 heavy (non-hydrogen) atoms. The van der Waals surface area contributed by atoms with E-state index in [9.17, 15) is 0 Å². The Hall–Kier alpha value is -2.28. The van der Waals surface area contributed by atoms with E-state index < -0.39 is 0 Å². The molecular weight excluding hydrogens is 366 g/mol. The third-order valence-electron chi connectivity index (χ3n) is 5.80. The molecule has 0 bridgehead atoms. The third kappa shape index (κ3) is 5.85. The number of guanidine groups is 1. The van der Waals surface area contributed by atoms with Crippen LogP contribution in [-0.2, 0) is 6.54 Å². The number of aromatic nitrogens is 1. The van der Waals surface area contributed by atoms with Gasteiger partial charge in [0.1, 0.15) is 5.76 Å². The molecule has 3 heterocycles. The van der Waals surface area contributed by atoms with Crippen LogP contribution >= 0.6 is 0 Å². The minimum Gasteiger partial charge on any atom is -0.468 e. The summed E-state index contributed by atoms with van der Waals surface area (Å²) < 4.78 is 11.2. The lowest BCUT2D eigenvalue weighted by Crippen LogP contribution is -2.44. The van der Waals surface area contributed by atoms with Gasteiger partial charge in [0.05, 0.1) is 24.5 Å². The largest absolute Gasteiger partial charge is 0.468 e. The van der Waals surface area contributed by atoms with E-state index in [1.807, 2.05) is 6.07 Å². The van der Waals surface area contributed by atoms with Crippen molar-refractivity contribution in [2.45, 2.75) is 64.5 Å². The first-order chi connectivity index (χ1) is 14.2. The molecular formula is C22H35N5O2. The highest BCUT2D eigenvalue weighted by molar-refractivity contribution is 5.79. The summed E-state index contributed by atoms with van der Waals surface area (Å²) in [5.74, 6) is 3.04. The lowest BCUT2D eigenvalue weighted by Gasteiger charge is -2.33. The molecule has 2 aromatic rings. The van der Waals surface area contributed by atoms with Gasteiger partial charge in [-0.05, 0) is 50.9 Å². The number of rotatable bonds is 9. The molecule has 0 amide bonds. The zero-order chi connectivity index (χ0) is 20.5. The SMILES string of the molecule is CCC(CC)c1cc(CNC(=NC)NCC(c2ccco2)N2CCCCC2)on1. The van der Waals surface area contributed by atoms with Crippen molar-refractivity contribution in [3.8, 4) is 0 Å². The Labute approximate surface area is 173 Å². The van der Waals surface area contributed by atoms with Crippen molar-refractivity contribution in [2.24, 2.45) is 4.99 Å². The van der Waals surface area contributed by atoms with Gasteiger partial charge in [-0.15, -0.1) is 0 Å². The van der Waals surface area contributed by atoms with E-state index in [1.165, 1.54) is 19.3 Å². The van der Waals surface area contributed by atoms with E-state index in [2.05, 4.69) is 51.7 Å². The molecule has 1 atom stereocenters. The first-order valence-corrected chi connectivity index (χ1v) is 10.9. The normalized spacial score (nSPS) is 16.9. The van der Waals surface area contributed by atoms with Crippen molar-refractivity contribution in [1.29, 1.82) is 0 Å². The standard InChI is InChI=1S/C22H35N5O2/c1-4-17(5-2)19-14-18(29-26-19)15-24-22(23-3)25-16-20(21-10-9-13-28-21)27-11-7-6-8-12-27/h9-10,13-14,17,20H,4-8,11-12,15-16H2,1-3H3,(H2,23,24,25). The van der Waals surface area contributed by atoms with Gasteiger partial charge in [-0.3, -0.25) is 9.89 Å². The van der Waals surface area contributed by atoms with E-state index in [4.69, 9.17) is 8.94 Å². The number of nitrogens with zero attached hydrogens (tertiary/aromatic N) is 3. The quantitative estimate of drug-likeness (QED) is 0.487. The Bertz CT molecular complexity index is 730. The Morgan fingerprint density at radius 3 is 2.66 bits per heavy atom. The molecule has 1 fully saturated rings. The first-order valence-electron chi connectivity index (χ1n) is 10.9. The van der Waals surface area contributed by atoms with Crippen LogP contribution in [0.1, 0.15) is 75.1 Å². The average molecular weight is 402 g/mol. The Morgan fingerprint density at radius 2 is 2.00 bits per heavy atom. The van der Waals surface area contributed by atoms with Crippen molar-refractivity contribution in [2.75, 3.05) is 26.7 Å². The maximum absolute atomic E-state index is 5.73. The van der Waals surface area contributed by atoms with Crippen LogP contribution in [-0.4, -0.2) is 42.7 Å². The second-order valence-electron chi connectivity index (χ2n) is 7.67. The molecule has 2 aromatic heterocycles. The highest BCUT2D eigenvalue weighted by Gasteiger charge is 2.24. The van der Waals surface area contributed by atoms with Gasteiger partial charge in [0.15, 0.2) is 11.7 Å². The molecule has 0 radical (unpaired) electrons. The number of hydrogen-bond acceptors (Lipinski definition) is 5. The van der Waals surface area contributed by atoms with Gasteiger partial charge < -0.3 is 19.6 Å². The van der Waals surface area contributed by atoms with Gasteiger partial charge in [0.2, 0.25) is 0 Å². The predicted molar refractivity (Wildman–Crippen MR) is 115 cm³/mol. The van der Waals surface area contributed by atoms with Gasteiger partial charge in [-0.25, -0.2) is 0 Å². The van der Waals surface area contributed by atoms with E-state index in [-0.39, 0.29) is 6.04 Å². The zero-order valence-corrected chi connectivity index (χ0v) is 18.0. The molecule has 0 aliphatic carbocycles. The number of aliphatic imine (C=N–C) groups is 1. The number of hydrogen-bond donors (Lipinski definition) is 2. The zero-order valence-electron chi connectivity index (χ0n) is 18.0. The Kier molecular flexibility index (Phi) is 8.16. The van der Waals surface area contributed by atoms with Crippen LogP contribution in [0.3, 0.4) is 0 Å². The molecule has 0 spiro atoms. The van der Waals surface area contributed by atoms with Crippen LogP contribution in [0.15, 0.2) is 38.4 Å². The average Bonchev–Trinajstić information content (AvgIpc) is 3.45. The Balaban J connectivity index is 1.55. The van der Waals surface area contributed by atoms with E-state index in [0.29, 0.717) is 12.5 Å². The van der Waals surface area contributed by atoms with Gasteiger partial charge in [0.25, 0.3) is 0 Å². The number of nitrogens with one attached hydrogen (secondary N) is 2. The molecule has 7 nitrogen and oxygen atoms in total. The highest BCUT2D eigenvalue weighted by Crippen LogP contribution is 2.25. The number of piperidine rings is 1. The molecule has 0 saturated carbocycles. The molecule has 3 rings (SSSR count). The summed E-state index contributed by atoms with van der Waals surface area (Å²) in [6, 6.07) is 6.28. The molecule has 0 aromatic carbocycles. The third-order valence-corrected chi connectivity index (χ3v) is 5.80. The smallest absolute Gasteiger partial charge is 0.191 e. The fourth-order valence-electron chi connectivity index (χ4n) is 4.02. The molecule has 1 saturated heterocycles. The van der Waals surface area contributed by atoms with Crippen molar-refractivity contribution < 1.29 is 8.94 Å². The fraction of sp³-hybridized carbons (Fsp3) is 0.636. The minimum absolute atomic E-state index is 0.204. The minimum atomic E-state index is 0.204. The molecule has 2 N–H and O–H groups in total. The van der Waals surface area contributed by atoms with Gasteiger partial charge in [0, 0.05) is 25.6 Å². The summed E-state index contributed by atoms with van der Waals surface area (Å²) in [4.78, 5) is 6.86. The summed E-state index contributed by atoms with van der Waals surface area (Å²) in [5, 5.41) is 11.0. The van der Waals surface area contributed by atoms with E-state index in [0.717, 1.165) is 55.6 Å². The topological polar surface area (TPSA) is 78.8 Å². The molecule has 7 heteroatoms. The van der Waals surface area contributed by atoms with Gasteiger partial charge >= 0.3 is 0 Å². The van der Waals surface area contributed by atoms with Crippen LogP contribution in [0.25, 0.3) is 0 Å². The summed E-state index contributed by atoms with van der Waals surface area (Å²) >= 11 is 0. The maximum Gasteiger partial charge on any atom is 0.191 e.